The lowest BCUT2D eigenvalue weighted by Gasteiger charge is -2.11. The maximum absolute atomic E-state index is 2.47. The van der Waals surface area contributed by atoms with E-state index in [2.05, 4.69) is 125 Å². The largest absolute Gasteiger partial charge is 0.0654 e. The smallest absolute Gasteiger partial charge is 0.0168 e. The van der Waals surface area contributed by atoms with Crippen LogP contribution >= 0.6 is 45.2 Å². The molecule has 2 heteroatoms. The number of unbranched alkanes of at least 4 members (excludes halogenated alkanes) is 2. The first-order valence-electron chi connectivity index (χ1n) is 8.56. The van der Waals surface area contributed by atoms with Crippen LogP contribution in [0.1, 0.15) is 43.7 Å². The summed E-state index contributed by atoms with van der Waals surface area (Å²) >= 11 is 4.95. The van der Waals surface area contributed by atoms with Crippen LogP contribution in [0.15, 0.2) is 72.8 Å². The summed E-state index contributed by atoms with van der Waals surface area (Å²) in [5, 5.41) is 0. The van der Waals surface area contributed by atoms with Crippen LogP contribution in [0.3, 0.4) is 0 Å². The van der Waals surface area contributed by atoms with Gasteiger partial charge in [0.25, 0.3) is 0 Å². The van der Waals surface area contributed by atoms with Gasteiger partial charge in [-0.1, -0.05) is 99.0 Å². The first kappa shape index (κ1) is 19.7. The van der Waals surface area contributed by atoms with Gasteiger partial charge in [-0.25, -0.2) is 0 Å². The van der Waals surface area contributed by atoms with Crippen molar-refractivity contribution in [2.24, 2.45) is 5.92 Å². The van der Waals surface area contributed by atoms with Crippen molar-refractivity contribution in [2.45, 2.75) is 32.6 Å². The van der Waals surface area contributed by atoms with Crippen LogP contribution in [0.5, 0.6) is 0 Å². The minimum absolute atomic E-state index is 0.482. The lowest BCUT2D eigenvalue weighted by Crippen LogP contribution is -1.95. The van der Waals surface area contributed by atoms with Gasteiger partial charge in [0.2, 0.25) is 0 Å². The average molecular weight is 542 g/mol. The Morgan fingerprint density at radius 3 is 1.67 bits per heavy atom. The Bertz CT molecular complexity index is 601. The monoisotopic (exact) mass is 542 g/mol. The normalized spacial score (nSPS) is 13.8. The summed E-state index contributed by atoms with van der Waals surface area (Å²) in [5.74, 6) is 0.482. The topological polar surface area (TPSA) is 0 Å². The maximum Gasteiger partial charge on any atom is 0.0168 e. The zero-order chi connectivity index (χ0) is 17.2. The molecule has 0 fully saturated rings. The van der Waals surface area contributed by atoms with Crippen LogP contribution in [-0.4, -0.2) is 0 Å². The molecule has 0 atom stereocenters. The average Bonchev–Trinajstić information content (AvgIpc) is 2.63. The van der Waals surface area contributed by atoms with Crippen molar-refractivity contribution in [3.8, 4) is 0 Å². The maximum atomic E-state index is 2.47. The zero-order valence-corrected chi connectivity index (χ0v) is 18.4. The highest BCUT2D eigenvalue weighted by Crippen LogP contribution is 2.30. The third-order valence-electron chi connectivity index (χ3n) is 3.96. The molecule has 0 heterocycles. The molecule has 0 aliphatic heterocycles. The van der Waals surface area contributed by atoms with E-state index in [9.17, 15) is 0 Å². The molecule has 0 amide bonds. The van der Waals surface area contributed by atoms with Gasteiger partial charge in [0, 0.05) is 7.16 Å². The van der Waals surface area contributed by atoms with Crippen molar-refractivity contribution in [2.75, 3.05) is 0 Å². The molecule has 0 saturated carbocycles. The van der Waals surface area contributed by atoms with Crippen molar-refractivity contribution in [1.82, 2.24) is 0 Å². The fourth-order valence-electron chi connectivity index (χ4n) is 2.61. The Morgan fingerprint density at radius 2 is 1.25 bits per heavy atom. The Labute approximate surface area is 173 Å². The molecule has 0 saturated heterocycles. The first-order valence-corrected chi connectivity index (χ1v) is 10.7. The van der Waals surface area contributed by atoms with E-state index in [-0.39, 0.29) is 0 Å². The van der Waals surface area contributed by atoms with E-state index in [0.29, 0.717) is 5.92 Å². The first-order chi connectivity index (χ1) is 11.7. The lowest BCUT2D eigenvalue weighted by atomic mass is 9.98. The Balaban J connectivity index is 2.21. The van der Waals surface area contributed by atoms with E-state index >= 15 is 0 Å². The zero-order valence-electron chi connectivity index (χ0n) is 14.1. The molecule has 0 bridgehead atoms. The fraction of sp³-hybridized carbons (Fsp3) is 0.273. The quantitative estimate of drug-likeness (QED) is 0.234. The molecule has 0 aliphatic rings. The molecule has 2 aromatic rings. The molecule has 0 aromatic heterocycles. The highest BCUT2D eigenvalue weighted by Gasteiger charge is 2.07. The van der Waals surface area contributed by atoms with Crippen LogP contribution in [-0.2, 0) is 0 Å². The second-order valence-electron chi connectivity index (χ2n) is 5.92. The van der Waals surface area contributed by atoms with E-state index in [1.54, 1.807) is 0 Å². The number of hydrogen-bond acceptors (Lipinski definition) is 0. The molecule has 0 N–H and O–H groups in total. The second-order valence-corrected chi connectivity index (χ2v) is 8.25. The van der Waals surface area contributed by atoms with Gasteiger partial charge < -0.3 is 0 Å². The van der Waals surface area contributed by atoms with Crippen molar-refractivity contribution < 1.29 is 0 Å². The van der Waals surface area contributed by atoms with Gasteiger partial charge in [-0.3, -0.25) is 0 Å². The summed E-state index contributed by atoms with van der Waals surface area (Å²) < 4.78 is 2.67. The van der Waals surface area contributed by atoms with E-state index in [4.69, 9.17) is 0 Å². The number of hydrogen-bond donors (Lipinski definition) is 0. The standard InChI is InChI=1S/C22H24I2/c1-2-3-6-11-18(16-21(23)19-12-7-4-8-13-19)17-22(24)20-14-9-5-10-15-20/h4-5,7-10,12-18H,2-3,6,11H2,1H3. The minimum Gasteiger partial charge on any atom is -0.0654 e. The third kappa shape index (κ3) is 6.71. The summed E-state index contributed by atoms with van der Waals surface area (Å²) in [7, 11) is 0. The van der Waals surface area contributed by atoms with Gasteiger partial charge in [0.05, 0.1) is 0 Å². The molecule has 24 heavy (non-hydrogen) atoms. The number of benzene rings is 2. The number of allylic oxidation sites excluding steroid dienone is 2. The number of halogens is 2. The molecule has 0 aliphatic carbocycles. The highest BCUT2D eigenvalue weighted by molar-refractivity contribution is 14.1. The molecule has 126 valence electrons. The summed E-state index contributed by atoms with van der Waals surface area (Å²) in [4.78, 5) is 0. The SMILES string of the molecule is CCCCCC(C=C(I)c1ccccc1)C=C(I)c1ccccc1. The van der Waals surface area contributed by atoms with Crippen LogP contribution in [0.4, 0.5) is 0 Å². The van der Waals surface area contributed by atoms with E-state index < -0.39 is 0 Å². The minimum atomic E-state index is 0.482. The molecular formula is C22H24I2. The van der Waals surface area contributed by atoms with Crippen molar-refractivity contribution >= 4 is 52.3 Å². The molecule has 0 spiro atoms. The van der Waals surface area contributed by atoms with Crippen molar-refractivity contribution in [3.63, 3.8) is 0 Å². The summed E-state index contributed by atoms with van der Waals surface area (Å²) in [5.41, 5.74) is 2.61. The molecule has 0 unspecified atom stereocenters. The van der Waals surface area contributed by atoms with Gasteiger partial charge >= 0.3 is 0 Å². The lowest BCUT2D eigenvalue weighted by molar-refractivity contribution is 0.613. The van der Waals surface area contributed by atoms with Gasteiger partial charge in [0.15, 0.2) is 0 Å². The predicted octanol–water partition coefficient (Wildman–Crippen LogP) is 8.14. The molecule has 0 radical (unpaired) electrons. The van der Waals surface area contributed by atoms with Crippen LogP contribution in [0, 0.1) is 5.92 Å². The Morgan fingerprint density at radius 1 is 0.792 bits per heavy atom. The third-order valence-corrected chi connectivity index (χ3v) is 5.93. The van der Waals surface area contributed by atoms with Crippen LogP contribution in [0.2, 0.25) is 0 Å². The van der Waals surface area contributed by atoms with Gasteiger partial charge in [-0.15, -0.1) is 0 Å². The van der Waals surface area contributed by atoms with Crippen molar-refractivity contribution in [3.05, 3.63) is 83.9 Å². The fourth-order valence-corrected chi connectivity index (χ4v) is 4.25. The Kier molecular flexibility index (Phi) is 9.10. The van der Waals surface area contributed by atoms with E-state index in [1.165, 1.54) is 44.0 Å². The predicted molar refractivity (Wildman–Crippen MR) is 125 cm³/mol. The highest BCUT2D eigenvalue weighted by atomic mass is 127. The van der Waals surface area contributed by atoms with Gasteiger partial charge in [-0.05, 0) is 68.6 Å². The molecular weight excluding hydrogens is 518 g/mol. The van der Waals surface area contributed by atoms with E-state index in [0.717, 1.165) is 0 Å². The number of rotatable bonds is 8. The van der Waals surface area contributed by atoms with Crippen molar-refractivity contribution in [1.29, 1.82) is 0 Å². The summed E-state index contributed by atoms with van der Waals surface area (Å²) in [6.45, 7) is 2.27. The molecule has 2 rings (SSSR count). The van der Waals surface area contributed by atoms with Gasteiger partial charge in [-0.2, -0.15) is 0 Å². The summed E-state index contributed by atoms with van der Waals surface area (Å²) in [6, 6.07) is 21.3. The second kappa shape index (κ2) is 11.1. The molecule has 0 nitrogen and oxygen atoms in total. The molecule has 2 aromatic carbocycles. The Hall–Kier alpha value is -0.620. The van der Waals surface area contributed by atoms with Crippen LogP contribution < -0.4 is 0 Å². The van der Waals surface area contributed by atoms with Crippen LogP contribution in [0.25, 0.3) is 7.16 Å². The summed E-state index contributed by atoms with van der Waals surface area (Å²) in [6.07, 6.45) is 9.92. The van der Waals surface area contributed by atoms with Gasteiger partial charge in [0.1, 0.15) is 0 Å². The van der Waals surface area contributed by atoms with E-state index in [1.807, 2.05) is 0 Å².